The summed E-state index contributed by atoms with van der Waals surface area (Å²) in [5.74, 6) is 1.45. The van der Waals surface area contributed by atoms with Crippen molar-refractivity contribution in [2.45, 2.75) is 19.8 Å². The third kappa shape index (κ3) is 2.28. The molecule has 0 amide bonds. The Morgan fingerprint density at radius 3 is 3.00 bits per heavy atom. The van der Waals surface area contributed by atoms with Gasteiger partial charge in [-0.05, 0) is 18.1 Å². The Morgan fingerprint density at radius 1 is 1.48 bits per heavy atom. The minimum absolute atomic E-state index is 0.202. The molecule has 4 rings (SSSR count). The van der Waals surface area contributed by atoms with Crippen LogP contribution < -0.4 is 11.0 Å². The number of fused-ring (bicyclic) bond motifs is 3. The van der Waals surface area contributed by atoms with E-state index in [0.717, 1.165) is 31.3 Å². The Morgan fingerprint density at radius 2 is 2.30 bits per heavy atom. The largest absolute Gasteiger partial charge is 0.381 e. The first-order chi connectivity index (χ1) is 11.1. The molecule has 0 saturated carbocycles. The number of anilines is 1. The van der Waals surface area contributed by atoms with E-state index in [9.17, 15) is 4.79 Å². The van der Waals surface area contributed by atoms with Gasteiger partial charge in [0.05, 0.1) is 24.4 Å². The molecule has 0 bridgehead atoms. The third-order valence-corrected chi connectivity index (χ3v) is 4.18. The fourth-order valence-electron chi connectivity index (χ4n) is 2.87. The second-order valence-corrected chi connectivity index (χ2v) is 6.27. The topological polar surface area (TPSA) is 84.3 Å². The zero-order valence-electron chi connectivity index (χ0n) is 13.2. The maximum Gasteiger partial charge on any atom is 0.333 e. The summed E-state index contributed by atoms with van der Waals surface area (Å²) in [5, 5.41) is 3.40. The molecule has 1 saturated heterocycles. The van der Waals surface area contributed by atoms with Crippen LogP contribution in [0.4, 0.5) is 5.82 Å². The third-order valence-electron chi connectivity index (χ3n) is 4.18. The summed E-state index contributed by atoms with van der Waals surface area (Å²) in [6.07, 6.45) is 1.71. The fourth-order valence-corrected chi connectivity index (χ4v) is 2.87. The molecule has 120 valence electrons. The molecule has 3 aromatic rings. The van der Waals surface area contributed by atoms with Crippen LogP contribution in [0, 0.1) is 5.92 Å². The van der Waals surface area contributed by atoms with Gasteiger partial charge in [-0.15, -0.1) is 0 Å². The number of imidazole rings is 1. The lowest BCUT2D eigenvalue weighted by Crippen LogP contribution is -2.34. The minimum Gasteiger partial charge on any atom is -0.381 e. The Labute approximate surface area is 132 Å². The molecule has 7 heteroatoms. The summed E-state index contributed by atoms with van der Waals surface area (Å²) in [7, 11) is 0. The molecule has 23 heavy (non-hydrogen) atoms. The highest BCUT2D eigenvalue weighted by atomic mass is 16.5. The fraction of sp³-hybridized carbons (Fsp3) is 0.438. The number of rotatable bonds is 4. The van der Waals surface area contributed by atoms with Gasteiger partial charge in [0.15, 0.2) is 5.65 Å². The number of aromatic nitrogens is 4. The van der Waals surface area contributed by atoms with Crippen molar-refractivity contribution in [1.82, 2.24) is 19.4 Å². The molecule has 3 aromatic heterocycles. The van der Waals surface area contributed by atoms with Gasteiger partial charge >= 0.3 is 5.69 Å². The number of H-pyrrole nitrogens is 1. The van der Waals surface area contributed by atoms with Crippen LogP contribution in [0.5, 0.6) is 0 Å². The van der Waals surface area contributed by atoms with Crippen LogP contribution in [-0.2, 0) is 4.74 Å². The number of hydrogen-bond donors (Lipinski definition) is 2. The lowest BCUT2D eigenvalue weighted by Gasteiger charge is -2.26. The maximum absolute atomic E-state index is 12.6. The second-order valence-electron chi connectivity index (χ2n) is 6.27. The summed E-state index contributed by atoms with van der Waals surface area (Å²) in [5.41, 5.74) is 2.68. The van der Waals surface area contributed by atoms with E-state index >= 15 is 0 Å². The molecule has 0 radical (unpaired) electrons. The van der Waals surface area contributed by atoms with E-state index in [-0.39, 0.29) is 11.6 Å². The highest BCUT2D eigenvalue weighted by Crippen LogP contribution is 2.27. The first kappa shape index (κ1) is 14.2. The highest BCUT2D eigenvalue weighted by molar-refractivity contribution is 5.88. The van der Waals surface area contributed by atoms with E-state index in [1.54, 1.807) is 16.7 Å². The summed E-state index contributed by atoms with van der Waals surface area (Å²) >= 11 is 0. The van der Waals surface area contributed by atoms with E-state index in [4.69, 9.17) is 9.72 Å². The van der Waals surface area contributed by atoms with Crippen molar-refractivity contribution >= 4 is 22.5 Å². The minimum atomic E-state index is -0.202. The van der Waals surface area contributed by atoms with E-state index in [1.807, 2.05) is 6.07 Å². The van der Waals surface area contributed by atoms with Crippen molar-refractivity contribution in [3.05, 3.63) is 34.5 Å². The van der Waals surface area contributed by atoms with Crippen molar-refractivity contribution in [3.8, 4) is 0 Å². The molecule has 4 heterocycles. The zero-order chi connectivity index (χ0) is 16.0. The molecule has 0 aromatic carbocycles. The molecule has 0 aliphatic carbocycles. The first-order valence-electron chi connectivity index (χ1n) is 7.86. The van der Waals surface area contributed by atoms with Gasteiger partial charge < -0.3 is 15.0 Å². The number of hydrogen-bond acceptors (Lipinski definition) is 5. The van der Waals surface area contributed by atoms with Crippen LogP contribution in [0.3, 0.4) is 0 Å². The van der Waals surface area contributed by atoms with Crippen molar-refractivity contribution < 1.29 is 4.74 Å². The Hall–Kier alpha value is -2.41. The van der Waals surface area contributed by atoms with Gasteiger partial charge in [0, 0.05) is 18.7 Å². The van der Waals surface area contributed by atoms with Crippen LogP contribution in [-0.4, -0.2) is 39.1 Å². The van der Waals surface area contributed by atoms with E-state index < -0.39 is 0 Å². The van der Waals surface area contributed by atoms with Gasteiger partial charge in [-0.25, -0.2) is 14.2 Å². The van der Waals surface area contributed by atoms with Crippen molar-refractivity contribution in [3.63, 3.8) is 0 Å². The van der Waals surface area contributed by atoms with Crippen LogP contribution in [0.15, 0.2) is 23.1 Å². The smallest absolute Gasteiger partial charge is 0.333 e. The van der Waals surface area contributed by atoms with Crippen LogP contribution in [0.2, 0.25) is 0 Å². The average Bonchev–Trinajstić information content (AvgIpc) is 2.86. The van der Waals surface area contributed by atoms with Gasteiger partial charge in [-0.2, -0.15) is 0 Å². The molecule has 0 spiro atoms. The second kappa shape index (κ2) is 5.34. The normalized spacial score (nSPS) is 15.4. The molecule has 7 nitrogen and oxygen atoms in total. The van der Waals surface area contributed by atoms with Crippen molar-refractivity contribution in [2.75, 3.05) is 25.1 Å². The van der Waals surface area contributed by atoms with Gasteiger partial charge in [-0.1, -0.05) is 13.8 Å². The van der Waals surface area contributed by atoms with Gasteiger partial charge in [-0.3, -0.25) is 4.98 Å². The van der Waals surface area contributed by atoms with Crippen LogP contribution in [0.1, 0.15) is 25.5 Å². The standard InChI is InChI=1S/C16H19N5O2/c1-9(2)12-14(18-6-10-7-23-8-10)21-15(20-12)13-11(19-16(21)22)4-3-5-17-13/h3-5,9-10,18H,6-8H2,1-2H3,(H,19,22). The number of ether oxygens (including phenoxy) is 1. The number of nitrogens with zero attached hydrogens (tertiary/aromatic N) is 3. The van der Waals surface area contributed by atoms with Crippen LogP contribution in [0.25, 0.3) is 16.7 Å². The molecule has 0 atom stereocenters. The van der Waals surface area contributed by atoms with E-state index in [0.29, 0.717) is 22.6 Å². The highest BCUT2D eigenvalue weighted by Gasteiger charge is 2.23. The molecule has 1 aliphatic heterocycles. The maximum atomic E-state index is 12.6. The van der Waals surface area contributed by atoms with Crippen LogP contribution >= 0.6 is 0 Å². The summed E-state index contributed by atoms with van der Waals surface area (Å²) in [6.45, 7) is 6.45. The zero-order valence-corrected chi connectivity index (χ0v) is 13.2. The quantitative estimate of drug-likeness (QED) is 0.766. The molecular formula is C16H19N5O2. The molecule has 1 fully saturated rings. The molecular weight excluding hydrogens is 294 g/mol. The van der Waals surface area contributed by atoms with E-state index in [2.05, 4.69) is 29.1 Å². The van der Waals surface area contributed by atoms with E-state index in [1.165, 1.54) is 0 Å². The van der Waals surface area contributed by atoms with Gasteiger partial charge in [0.1, 0.15) is 11.3 Å². The molecule has 0 unspecified atom stereocenters. The SMILES string of the molecule is CC(C)c1nc2c3ncccc3[nH]c(=O)n2c1NCC1COC1. The Balaban J connectivity index is 1.92. The number of aromatic amines is 1. The Bertz CT molecular complexity index is 923. The average molecular weight is 313 g/mol. The van der Waals surface area contributed by atoms with Crippen molar-refractivity contribution in [1.29, 1.82) is 0 Å². The summed E-state index contributed by atoms with van der Waals surface area (Å²) in [6, 6.07) is 3.64. The number of pyridine rings is 1. The predicted octanol–water partition coefficient (Wildman–Crippen LogP) is 1.75. The monoisotopic (exact) mass is 313 g/mol. The van der Waals surface area contributed by atoms with Gasteiger partial charge in [0.2, 0.25) is 0 Å². The molecule has 1 aliphatic rings. The molecule has 2 N–H and O–H groups in total. The predicted molar refractivity (Wildman–Crippen MR) is 88.0 cm³/mol. The Kier molecular flexibility index (Phi) is 3.30. The lowest BCUT2D eigenvalue weighted by atomic mass is 10.1. The first-order valence-corrected chi connectivity index (χ1v) is 7.86. The van der Waals surface area contributed by atoms with Gasteiger partial charge in [0.25, 0.3) is 0 Å². The van der Waals surface area contributed by atoms with Crippen molar-refractivity contribution in [2.24, 2.45) is 5.92 Å². The lowest BCUT2D eigenvalue weighted by molar-refractivity contribution is -0.0249. The summed E-state index contributed by atoms with van der Waals surface area (Å²) in [4.78, 5) is 24.5. The summed E-state index contributed by atoms with van der Waals surface area (Å²) < 4.78 is 6.81. The number of nitrogens with one attached hydrogen (secondary N) is 2.